The molecule has 2 N–H and O–H groups in total. The number of hydrogen-bond donors (Lipinski definition) is 2. The average molecular weight is 255 g/mol. The Kier molecular flexibility index (Phi) is 2.59. The quantitative estimate of drug-likeness (QED) is 0.738. The third-order valence-electron chi connectivity index (χ3n) is 2.97. The fraction of sp³-hybridized carbons (Fsp3) is 0.143. The molecule has 5 nitrogen and oxygen atoms in total. The first-order valence-corrected chi connectivity index (χ1v) is 5.88. The van der Waals surface area contributed by atoms with Crippen LogP contribution < -0.4 is 4.74 Å². The topological polar surface area (TPSA) is 71.0 Å². The van der Waals surface area contributed by atoms with Crippen molar-refractivity contribution in [3.63, 3.8) is 0 Å². The molecule has 0 aliphatic rings. The van der Waals surface area contributed by atoms with Gasteiger partial charge in [-0.3, -0.25) is 0 Å². The van der Waals surface area contributed by atoms with Gasteiger partial charge in [-0.1, -0.05) is 0 Å². The standard InChI is InChI=1S/C14H13N3O2/c1-8-15-12-7-11(17-13(12)14(18)16-8)9-3-5-10(19-2)6-4-9/h3-7,17H,1-2H3,(H,15,16,18). The number of H-pyrrole nitrogens is 1. The maximum Gasteiger partial charge on any atom is 0.239 e. The number of rotatable bonds is 2. The van der Waals surface area contributed by atoms with Crippen LogP contribution in [0.2, 0.25) is 0 Å². The van der Waals surface area contributed by atoms with Gasteiger partial charge in [0, 0.05) is 5.69 Å². The molecule has 19 heavy (non-hydrogen) atoms. The minimum Gasteiger partial charge on any atom is -0.497 e. The summed E-state index contributed by atoms with van der Waals surface area (Å²) in [6.45, 7) is 1.75. The van der Waals surface area contributed by atoms with E-state index in [0.717, 1.165) is 17.0 Å². The van der Waals surface area contributed by atoms with E-state index in [4.69, 9.17) is 4.74 Å². The molecular weight excluding hydrogens is 242 g/mol. The number of methoxy groups -OCH3 is 1. The van der Waals surface area contributed by atoms with Crippen LogP contribution in [-0.4, -0.2) is 27.2 Å². The highest BCUT2D eigenvalue weighted by Crippen LogP contribution is 2.28. The Labute approximate surface area is 109 Å². The highest BCUT2D eigenvalue weighted by Gasteiger charge is 2.09. The highest BCUT2D eigenvalue weighted by atomic mass is 16.5. The van der Waals surface area contributed by atoms with Crippen LogP contribution in [0.1, 0.15) is 5.82 Å². The average Bonchev–Trinajstić information content (AvgIpc) is 2.83. The van der Waals surface area contributed by atoms with E-state index in [1.165, 1.54) is 0 Å². The van der Waals surface area contributed by atoms with Gasteiger partial charge in [0.05, 0.1) is 12.6 Å². The lowest BCUT2D eigenvalue weighted by atomic mass is 10.1. The second kappa shape index (κ2) is 4.28. The second-order valence-corrected chi connectivity index (χ2v) is 4.27. The van der Waals surface area contributed by atoms with Gasteiger partial charge in [-0.15, -0.1) is 0 Å². The van der Waals surface area contributed by atoms with E-state index in [2.05, 4.69) is 15.0 Å². The minimum absolute atomic E-state index is 0.0257. The predicted octanol–water partition coefficient (Wildman–Crippen LogP) is 2.65. The zero-order chi connectivity index (χ0) is 13.4. The first-order valence-electron chi connectivity index (χ1n) is 5.88. The normalized spacial score (nSPS) is 10.8. The molecule has 0 unspecified atom stereocenters. The number of hydrogen-bond acceptors (Lipinski definition) is 4. The smallest absolute Gasteiger partial charge is 0.239 e. The van der Waals surface area contributed by atoms with Crippen LogP contribution in [0.5, 0.6) is 11.6 Å². The van der Waals surface area contributed by atoms with Gasteiger partial charge in [0.1, 0.15) is 17.1 Å². The fourth-order valence-electron chi connectivity index (χ4n) is 2.04. The fourth-order valence-corrected chi connectivity index (χ4v) is 2.04. The van der Waals surface area contributed by atoms with E-state index in [1.54, 1.807) is 14.0 Å². The van der Waals surface area contributed by atoms with Crippen molar-refractivity contribution >= 4 is 11.0 Å². The predicted molar refractivity (Wildman–Crippen MR) is 72.3 cm³/mol. The van der Waals surface area contributed by atoms with E-state index in [1.807, 2.05) is 30.3 Å². The maximum atomic E-state index is 9.79. The number of fused-ring (bicyclic) bond motifs is 1. The Morgan fingerprint density at radius 1 is 1.16 bits per heavy atom. The molecule has 3 aromatic rings. The molecular formula is C14H13N3O2. The third-order valence-corrected chi connectivity index (χ3v) is 2.97. The van der Waals surface area contributed by atoms with Crippen molar-refractivity contribution in [3.05, 3.63) is 36.2 Å². The highest BCUT2D eigenvalue weighted by molar-refractivity contribution is 5.85. The Bertz CT molecular complexity index is 732. The van der Waals surface area contributed by atoms with Gasteiger partial charge in [-0.25, -0.2) is 4.98 Å². The second-order valence-electron chi connectivity index (χ2n) is 4.27. The van der Waals surface area contributed by atoms with Gasteiger partial charge in [0.25, 0.3) is 0 Å². The lowest BCUT2D eigenvalue weighted by Crippen LogP contribution is -1.87. The molecule has 0 fully saturated rings. The van der Waals surface area contributed by atoms with Crippen molar-refractivity contribution in [2.75, 3.05) is 7.11 Å². The van der Waals surface area contributed by atoms with Crippen LogP contribution in [-0.2, 0) is 0 Å². The number of nitrogens with one attached hydrogen (secondary N) is 1. The molecule has 0 bridgehead atoms. The zero-order valence-corrected chi connectivity index (χ0v) is 10.6. The molecule has 0 saturated heterocycles. The van der Waals surface area contributed by atoms with E-state index in [9.17, 15) is 5.11 Å². The number of benzene rings is 1. The Balaban J connectivity index is 2.12. The number of aryl methyl sites for hydroxylation is 1. The molecule has 1 aromatic carbocycles. The van der Waals surface area contributed by atoms with Gasteiger partial charge in [0.15, 0.2) is 0 Å². The number of nitrogens with zero attached hydrogens (tertiary/aromatic N) is 2. The van der Waals surface area contributed by atoms with Crippen molar-refractivity contribution in [2.24, 2.45) is 0 Å². The summed E-state index contributed by atoms with van der Waals surface area (Å²) in [5.41, 5.74) is 3.14. The Hall–Kier alpha value is -2.56. The summed E-state index contributed by atoms with van der Waals surface area (Å²) in [5, 5.41) is 9.79. The van der Waals surface area contributed by atoms with Crippen molar-refractivity contribution in [3.8, 4) is 22.9 Å². The van der Waals surface area contributed by atoms with Crippen molar-refractivity contribution in [1.29, 1.82) is 0 Å². The Morgan fingerprint density at radius 2 is 1.89 bits per heavy atom. The number of aromatic hydroxyl groups is 1. The largest absolute Gasteiger partial charge is 0.497 e. The molecule has 0 radical (unpaired) electrons. The zero-order valence-electron chi connectivity index (χ0n) is 10.6. The summed E-state index contributed by atoms with van der Waals surface area (Å²) >= 11 is 0. The molecule has 5 heteroatoms. The molecule has 0 aliphatic carbocycles. The van der Waals surface area contributed by atoms with Crippen molar-refractivity contribution in [1.82, 2.24) is 15.0 Å². The monoisotopic (exact) mass is 255 g/mol. The molecule has 0 aliphatic heterocycles. The SMILES string of the molecule is COc1ccc(-c2cc3nc(C)nc(O)c3[nH]2)cc1. The van der Waals surface area contributed by atoms with Gasteiger partial charge in [0.2, 0.25) is 5.88 Å². The molecule has 0 saturated carbocycles. The molecule has 2 heterocycles. The Morgan fingerprint density at radius 3 is 2.58 bits per heavy atom. The summed E-state index contributed by atoms with van der Waals surface area (Å²) < 4.78 is 5.13. The summed E-state index contributed by atoms with van der Waals surface area (Å²) in [6, 6.07) is 9.56. The van der Waals surface area contributed by atoms with Crippen LogP contribution in [0, 0.1) is 6.92 Å². The van der Waals surface area contributed by atoms with E-state index >= 15 is 0 Å². The molecule has 0 atom stereocenters. The third kappa shape index (κ3) is 1.99. The van der Waals surface area contributed by atoms with E-state index < -0.39 is 0 Å². The lowest BCUT2D eigenvalue weighted by molar-refractivity contribution is 0.415. The number of ether oxygens (including phenoxy) is 1. The minimum atomic E-state index is -0.0257. The van der Waals surface area contributed by atoms with E-state index in [-0.39, 0.29) is 5.88 Å². The van der Waals surface area contributed by atoms with E-state index in [0.29, 0.717) is 16.9 Å². The van der Waals surface area contributed by atoms with Gasteiger partial charge in [-0.2, -0.15) is 4.98 Å². The molecule has 0 amide bonds. The molecule has 96 valence electrons. The number of aromatic nitrogens is 3. The van der Waals surface area contributed by atoms with Gasteiger partial charge < -0.3 is 14.8 Å². The van der Waals surface area contributed by atoms with Crippen LogP contribution >= 0.6 is 0 Å². The summed E-state index contributed by atoms with van der Waals surface area (Å²) in [4.78, 5) is 11.3. The molecule has 2 aromatic heterocycles. The lowest BCUT2D eigenvalue weighted by Gasteiger charge is -2.01. The summed E-state index contributed by atoms with van der Waals surface area (Å²) in [5.74, 6) is 1.32. The molecule has 0 spiro atoms. The maximum absolute atomic E-state index is 9.79. The first-order chi connectivity index (χ1) is 9.17. The van der Waals surface area contributed by atoms with Crippen molar-refractivity contribution in [2.45, 2.75) is 6.92 Å². The summed E-state index contributed by atoms with van der Waals surface area (Å²) in [6.07, 6.45) is 0. The summed E-state index contributed by atoms with van der Waals surface area (Å²) in [7, 11) is 1.63. The van der Waals surface area contributed by atoms with Crippen LogP contribution in [0.15, 0.2) is 30.3 Å². The molecule has 3 rings (SSSR count). The first kappa shape index (κ1) is 11.5. The van der Waals surface area contributed by atoms with Crippen LogP contribution in [0.25, 0.3) is 22.3 Å². The number of aromatic amines is 1. The van der Waals surface area contributed by atoms with Crippen molar-refractivity contribution < 1.29 is 9.84 Å². The van der Waals surface area contributed by atoms with Crippen LogP contribution in [0.4, 0.5) is 0 Å². The van der Waals surface area contributed by atoms with Gasteiger partial charge in [-0.05, 0) is 42.8 Å². The van der Waals surface area contributed by atoms with Crippen LogP contribution in [0.3, 0.4) is 0 Å². The van der Waals surface area contributed by atoms with Gasteiger partial charge >= 0.3 is 0 Å².